The SMILES string of the molecule is CN(C)[C@@H]1C(O)C(C(N)=O)C(=O)[C@@]2(O)C(=O)C3=C(O)c4c(O)c(I)cc(CN)c4C[C@H]3C[C@@H]12. The van der Waals surface area contributed by atoms with Gasteiger partial charge < -0.3 is 36.8 Å². The summed E-state index contributed by atoms with van der Waals surface area (Å²) in [6, 6.07) is 0.792. The average Bonchev–Trinajstić information content (AvgIpc) is 2.72. The summed E-state index contributed by atoms with van der Waals surface area (Å²) in [7, 11) is 3.22. The molecule has 8 N–H and O–H groups in total. The van der Waals surface area contributed by atoms with Crippen LogP contribution in [0.1, 0.15) is 23.1 Å². The second-order valence-corrected chi connectivity index (χ2v) is 10.4. The molecule has 1 amide bonds. The standard InChI is InChI=1S/C22H26IN3O7/c1-26(2)15-10-4-7-3-9-8(6-24)5-11(23)16(27)13(9)17(28)12(7)19(30)22(10,33)20(31)14(18(15)29)21(25)32/h5,7,10,14-15,18,27-29,33H,3-4,6,24H2,1-2H3,(H2,25,32)/t7-,10-,14?,15-,18?,22-/m0/s1. The fourth-order valence-corrected chi connectivity index (χ4v) is 6.54. The zero-order valence-electron chi connectivity index (χ0n) is 18.1. The number of Topliss-reactive ketones (excluding diaryl/α,β-unsaturated/α-hetero) is 2. The Morgan fingerprint density at radius 2 is 1.94 bits per heavy atom. The number of aromatic hydroxyl groups is 1. The van der Waals surface area contributed by atoms with Crippen LogP contribution in [-0.4, -0.2) is 74.6 Å². The molecule has 11 heteroatoms. The monoisotopic (exact) mass is 571 g/mol. The lowest BCUT2D eigenvalue weighted by atomic mass is 9.54. The Balaban J connectivity index is 1.95. The first kappa shape index (κ1) is 24.1. The van der Waals surface area contributed by atoms with Crippen molar-refractivity contribution in [3.8, 4) is 5.75 Å². The second kappa shape index (κ2) is 8.01. The zero-order valence-corrected chi connectivity index (χ0v) is 20.2. The fraction of sp³-hybridized carbons (Fsp3) is 0.500. The Morgan fingerprint density at radius 1 is 1.30 bits per heavy atom. The predicted molar refractivity (Wildman–Crippen MR) is 125 cm³/mol. The van der Waals surface area contributed by atoms with Gasteiger partial charge >= 0.3 is 0 Å². The molecule has 2 saturated carbocycles. The van der Waals surface area contributed by atoms with Crippen molar-refractivity contribution < 1.29 is 34.8 Å². The molecule has 0 spiro atoms. The molecular weight excluding hydrogens is 545 g/mol. The maximum absolute atomic E-state index is 13.7. The highest BCUT2D eigenvalue weighted by Crippen LogP contribution is 2.52. The molecule has 4 rings (SSSR count). The van der Waals surface area contributed by atoms with E-state index >= 15 is 0 Å². The predicted octanol–water partition coefficient (Wildman–Crippen LogP) is -0.808. The lowest BCUT2D eigenvalue weighted by molar-refractivity contribution is -0.184. The molecule has 6 atom stereocenters. The first-order chi connectivity index (χ1) is 15.4. The van der Waals surface area contributed by atoms with Crippen LogP contribution >= 0.6 is 22.6 Å². The van der Waals surface area contributed by atoms with Crippen molar-refractivity contribution >= 4 is 45.8 Å². The lowest BCUT2D eigenvalue weighted by Gasteiger charge is -2.53. The van der Waals surface area contributed by atoms with E-state index in [9.17, 15) is 34.8 Å². The number of phenols is 1. The van der Waals surface area contributed by atoms with Gasteiger partial charge in [0.1, 0.15) is 17.4 Å². The minimum atomic E-state index is -2.65. The number of hydrogen-bond acceptors (Lipinski definition) is 9. The Kier molecular flexibility index (Phi) is 5.85. The summed E-state index contributed by atoms with van der Waals surface area (Å²) in [6.07, 6.45) is -1.19. The Labute approximate surface area is 203 Å². The van der Waals surface area contributed by atoms with Crippen LogP contribution in [0.4, 0.5) is 0 Å². The molecule has 1 aromatic rings. The number of ketones is 2. The van der Waals surface area contributed by atoms with Crippen molar-refractivity contribution in [2.45, 2.75) is 37.1 Å². The quantitative estimate of drug-likeness (QED) is 0.199. The van der Waals surface area contributed by atoms with E-state index in [-0.39, 0.29) is 36.3 Å². The summed E-state index contributed by atoms with van der Waals surface area (Å²) in [6.45, 7) is 0.146. The van der Waals surface area contributed by atoms with Crippen molar-refractivity contribution in [2.24, 2.45) is 29.2 Å². The maximum atomic E-state index is 13.7. The van der Waals surface area contributed by atoms with Gasteiger partial charge in [-0.2, -0.15) is 0 Å². The van der Waals surface area contributed by atoms with E-state index < -0.39 is 58.7 Å². The number of carbonyl (C=O) groups excluding carboxylic acids is 3. The third-order valence-electron chi connectivity index (χ3n) is 7.35. The van der Waals surface area contributed by atoms with Gasteiger partial charge in [0.05, 0.1) is 15.2 Å². The van der Waals surface area contributed by atoms with E-state index in [4.69, 9.17) is 11.5 Å². The van der Waals surface area contributed by atoms with Gasteiger partial charge in [-0.25, -0.2) is 0 Å². The van der Waals surface area contributed by atoms with Crippen LogP contribution in [0, 0.1) is 21.3 Å². The van der Waals surface area contributed by atoms with E-state index in [0.717, 1.165) is 0 Å². The van der Waals surface area contributed by atoms with Gasteiger partial charge in [0.2, 0.25) is 11.7 Å². The van der Waals surface area contributed by atoms with E-state index in [1.807, 2.05) is 22.6 Å². The summed E-state index contributed by atoms with van der Waals surface area (Å²) in [5.41, 5.74) is 9.77. The number of benzene rings is 1. The molecule has 178 valence electrons. The van der Waals surface area contributed by atoms with Gasteiger partial charge in [-0.05, 0) is 72.6 Å². The van der Waals surface area contributed by atoms with Crippen LogP contribution in [0.15, 0.2) is 11.6 Å². The van der Waals surface area contributed by atoms with Gasteiger partial charge in [-0.3, -0.25) is 14.4 Å². The number of carbonyl (C=O) groups is 3. The molecule has 0 aliphatic heterocycles. The molecule has 0 saturated heterocycles. The van der Waals surface area contributed by atoms with Crippen molar-refractivity contribution in [3.63, 3.8) is 0 Å². The number of primary amides is 1. The highest BCUT2D eigenvalue weighted by Gasteiger charge is 2.67. The zero-order chi connectivity index (χ0) is 24.6. The number of likely N-dealkylation sites (N-methyl/N-ethyl adjacent to an activating group) is 1. The minimum Gasteiger partial charge on any atom is -0.507 e. The number of hydrogen-bond donors (Lipinski definition) is 6. The number of nitrogens with two attached hydrogens (primary N) is 2. The van der Waals surface area contributed by atoms with Gasteiger partial charge in [-0.15, -0.1) is 0 Å². The molecule has 0 bridgehead atoms. The van der Waals surface area contributed by atoms with Crippen LogP contribution in [0.2, 0.25) is 0 Å². The Bertz CT molecular complexity index is 1120. The molecule has 2 fully saturated rings. The van der Waals surface area contributed by atoms with E-state index in [2.05, 4.69) is 0 Å². The molecule has 33 heavy (non-hydrogen) atoms. The van der Waals surface area contributed by atoms with E-state index in [1.165, 1.54) is 0 Å². The summed E-state index contributed by atoms with van der Waals surface area (Å²) >= 11 is 1.89. The summed E-state index contributed by atoms with van der Waals surface area (Å²) in [5, 5.41) is 44.1. The molecule has 2 unspecified atom stereocenters. The molecule has 0 heterocycles. The van der Waals surface area contributed by atoms with Crippen LogP contribution in [0.5, 0.6) is 5.75 Å². The van der Waals surface area contributed by atoms with Crippen molar-refractivity contribution in [1.82, 2.24) is 4.90 Å². The fourth-order valence-electron chi connectivity index (χ4n) is 5.89. The largest absolute Gasteiger partial charge is 0.507 e. The Hall–Kier alpha value is -2.06. The number of halogens is 1. The van der Waals surface area contributed by atoms with Gasteiger partial charge in [-0.1, -0.05) is 0 Å². The molecule has 1 aromatic carbocycles. The molecule has 10 nitrogen and oxygen atoms in total. The summed E-state index contributed by atoms with van der Waals surface area (Å²) in [5.74, 6) is -7.50. The number of phenolic OH excluding ortho intramolecular Hbond substituents is 1. The number of rotatable bonds is 3. The van der Waals surface area contributed by atoms with Crippen LogP contribution in [-0.2, 0) is 27.3 Å². The van der Waals surface area contributed by atoms with Gasteiger partial charge in [0.15, 0.2) is 11.4 Å². The average molecular weight is 571 g/mol. The lowest BCUT2D eigenvalue weighted by Crippen LogP contribution is -2.73. The molecule has 0 aromatic heterocycles. The first-order valence-electron chi connectivity index (χ1n) is 10.5. The van der Waals surface area contributed by atoms with Crippen molar-refractivity contribution in [3.05, 3.63) is 31.9 Å². The normalized spacial score (nSPS) is 33.6. The summed E-state index contributed by atoms with van der Waals surface area (Å²) in [4.78, 5) is 40.5. The van der Waals surface area contributed by atoms with E-state index in [1.54, 1.807) is 25.1 Å². The van der Waals surface area contributed by atoms with Gasteiger partial charge in [0, 0.05) is 24.1 Å². The number of amides is 1. The third kappa shape index (κ3) is 3.16. The maximum Gasteiger partial charge on any atom is 0.230 e. The highest BCUT2D eigenvalue weighted by molar-refractivity contribution is 14.1. The first-order valence-corrected chi connectivity index (χ1v) is 11.6. The van der Waals surface area contributed by atoms with Crippen LogP contribution in [0.25, 0.3) is 5.76 Å². The molecular formula is C22H26IN3O7. The number of aliphatic hydroxyl groups excluding tert-OH is 2. The smallest absolute Gasteiger partial charge is 0.230 e. The van der Waals surface area contributed by atoms with Crippen LogP contribution in [0.3, 0.4) is 0 Å². The number of fused-ring (bicyclic) bond motifs is 3. The van der Waals surface area contributed by atoms with E-state index in [0.29, 0.717) is 14.7 Å². The second-order valence-electron chi connectivity index (χ2n) is 9.21. The highest BCUT2D eigenvalue weighted by atomic mass is 127. The molecule has 0 radical (unpaired) electrons. The third-order valence-corrected chi connectivity index (χ3v) is 8.18. The van der Waals surface area contributed by atoms with Crippen LogP contribution < -0.4 is 11.5 Å². The molecule has 3 aliphatic carbocycles. The minimum absolute atomic E-state index is 0.0582. The van der Waals surface area contributed by atoms with Crippen molar-refractivity contribution in [2.75, 3.05) is 14.1 Å². The molecule has 3 aliphatic rings. The topological polar surface area (TPSA) is 187 Å². The number of nitrogens with zero attached hydrogens (tertiary/aromatic N) is 1. The Morgan fingerprint density at radius 3 is 2.48 bits per heavy atom. The summed E-state index contributed by atoms with van der Waals surface area (Å²) < 4.78 is 0.426. The van der Waals surface area contributed by atoms with Crippen molar-refractivity contribution in [1.29, 1.82) is 0 Å². The van der Waals surface area contributed by atoms with Gasteiger partial charge in [0.25, 0.3) is 0 Å². The number of aliphatic hydroxyl groups is 3.